The lowest BCUT2D eigenvalue weighted by Gasteiger charge is -2.28. The first kappa shape index (κ1) is 32.7. The Morgan fingerprint density at radius 2 is 1.74 bits per heavy atom. The highest BCUT2D eigenvalue weighted by Gasteiger charge is 2.34. The van der Waals surface area contributed by atoms with Crippen molar-refractivity contribution in [1.82, 2.24) is 31.0 Å². The van der Waals surface area contributed by atoms with Gasteiger partial charge in [-0.2, -0.15) is 5.10 Å². The zero-order valence-electron chi connectivity index (χ0n) is 24.4. The maximum Gasteiger partial charge on any atom is 0.326 e. The second-order valence-electron chi connectivity index (χ2n) is 11.1. The highest BCUT2D eigenvalue weighted by Crippen LogP contribution is 2.19. The van der Waals surface area contributed by atoms with E-state index >= 15 is 0 Å². The van der Waals surface area contributed by atoms with Gasteiger partial charge in [0.05, 0.1) is 18.2 Å². The van der Waals surface area contributed by atoms with Gasteiger partial charge >= 0.3 is 5.97 Å². The Morgan fingerprint density at radius 3 is 2.33 bits per heavy atom. The van der Waals surface area contributed by atoms with Crippen LogP contribution in [0.2, 0.25) is 0 Å². The second-order valence-corrected chi connectivity index (χ2v) is 11.1. The Bertz CT molecular complexity index is 1200. The maximum absolute atomic E-state index is 13.3. The summed E-state index contributed by atoms with van der Waals surface area (Å²) >= 11 is 0. The van der Waals surface area contributed by atoms with Crippen LogP contribution in [-0.4, -0.2) is 86.8 Å². The van der Waals surface area contributed by atoms with E-state index in [2.05, 4.69) is 26.4 Å². The minimum atomic E-state index is -1.37. The summed E-state index contributed by atoms with van der Waals surface area (Å²) in [5.41, 5.74) is 1.03. The van der Waals surface area contributed by atoms with Gasteiger partial charge in [-0.1, -0.05) is 44.2 Å². The monoisotopic (exact) mass is 586 g/mol. The van der Waals surface area contributed by atoms with Crippen LogP contribution in [0, 0.1) is 5.92 Å². The number of ether oxygens (including phenoxy) is 1. The van der Waals surface area contributed by atoms with Crippen molar-refractivity contribution in [3.63, 3.8) is 0 Å². The van der Waals surface area contributed by atoms with Crippen LogP contribution in [0.15, 0.2) is 42.6 Å². The number of aliphatic carboxylic acids is 1. The van der Waals surface area contributed by atoms with Crippen LogP contribution in [0.5, 0.6) is 0 Å². The number of nitrogens with one attached hydrogen (secondary N) is 4. The third-order valence-electron chi connectivity index (χ3n) is 6.91. The van der Waals surface area contributed by atoms with Gasteiger partial charge in [-0.15, -0.1) is 0 Å². The minimum absolute atomic E-state index is 0.0441. The van der Waals surface area contributed by atoms with Crippen molar-refractivity contribution >= 4 is 23.7 Å². The van der Waals surface area contributed by atoms with Crippen LogP contribution in [0.1, 0.15) is 56.1 Å². The number of rotatable bonds is 15. The molecule has 4 unspecified atom stereocenters. The number of carbonyl (C=O) groups excluding carboxylic acids is 3. The molecule has 1 saturated heterocycles. The van der Waals surface area contributed by atoms with Gasteiger partial charge in [0.1, 0.15) is 24.0 Å². The molecule has 0 bridgehead atoms. The van der Waals surface area contributed by atoms with E-state index in [0.717, 1.165) is 5.56 Å². The summed E-state index contributed by atoms with van der Waals surface area (Å²) in [6, 6.07) is 7.11. The Balaban J connectivity index is 1.57. The molecule has 2 heterocycles. The number of carboxylic acids is 1. The summed E-state index contributed by atoms with van der Waals surface area (Å²) in [6.07, 6.45) is 1.41. The van der Waals surface area contributed by atoms with Crippen molar-refractivity contribution in [2.75, 3.05) is 6.54 Å². The van der Waals surface area contributed by atoms with Crippen LogP contribution in [0.3, 0.4) is 0 Å². The molecule has 6 N–H and O–H groups in total. The molecule has 3 amide bonds. The van der Waals surface area contributed by atoms with E-state index in [1.165, 1.54) is 6.92 Å². The molecule has 3 rings (SSSR count). The molecule has 1 aromatic carbocycles. The summed E-state index contributed by atoms with van der Waals surface area (Å²) in [4.78, 5) is 50.5. The predicted molar refractivity (Wildman–Crippen MR) is 153 cm³/mol. The van der Waals surface area contributed by atoms with E-state index in [1.54, 1.807) is 54.3 Å². The molecule has 1 fully saturated rings. The standard InChI is InChI=1S/C29H42N6O7/c1-17(2)14-22(31-24-11-10-20(42-24)16-30-26(37)21-12-13-35(4)34-21)27(38)33-25(18(3)36)28(39)32-23(29(40)41)15-19-8-6-5-7-9-19/h5-9,12-13,17-18,20,22-25,31,36H,10-11,14-16H2,1-4H3,(H,30,37)(H,32,39)(H,33,38)(H,40,41)/t18-,20+,22?,23?,24?,25?/m1/s1. The summed E-state index contributed by atoms with van der Waals surface area (Å²) in [5, 5.41) is 35.1. The van der Waals surface area contributed by atoms with E-state index in [-0.39, 0.29) is 30.9 Å². The molecule has 0 radical (unpaired) electrons. The van der Waals surface area contributed by atoms with Gasteiger partial charge in [-0.25, -0.2) is 4.79 Å². The van der Waals surface area contributed by atoms with Crippen molar-refractivity contribution < 1.29 is 34.1 Å². The van der Waals surface area contributed by atoms with Crippen molar-refractivity contribution in [3.8, 4) is 0 Å². The van der Waals surface area contributed by atoms with Crippen molar-refractivity contribution in [2.24, 2.45) is 13.0 Å². The molecule has 2 aromatic rings. The van der Waals surface area contributed by atoms with Gasteiger partial charge in [-0.3, -0.25) is 24.4 Å². The zero-order valence-corrected chi connectivity index (χ0v) is 24.4. The van der Waals surface area contributed by atoms with E-state index in [4.69, 9.17) is 4.74 Å². The molecular formula is C29H42N6O7. The fraction of sp³-hybridized carbons (Fsp3) is 0.552. The number of aromatic nitrogens is 2. The maximum atomic E-state index is 13.3. The third kappa shape index (κ3) is 9.93. The quantitative estimate of drug-likeness (QED) is 0.171. The van der Waals surface area contributed by atoms with Crippen LogP contribution < -0.4 is 21.3 Å². The van der Waals surface area contributed by atoms with E-state index in [0.29, 0.717) is 25.0 Å². The lowest BCUT2D eigenvalue weighted by Crippen LogP contribution is -2.59. The van der Waals surface area contributed by atoms with Gasteiger partial charge in [0.2, 0.25) is 11.8 Å². The average molecular weight is 587 g/mol. The fourth-order valence-corrected chi connectivity index (χ4v) is 4.73. The molecule has 13 heteroatoms. The molecule has 13 nitrogen and oxygen atoms in total. The molecule has 1 aliphatic heterocycles. The number of aliphatic hydroxyl groups excluding tert-OH is 1. The second kappa shape index (κ2) is 15.4. The third-order valence-corrected chi connectivity index (χ3v) is 6.91. The van der Waals surface area contributed by atoms with Crippen molar-refractivity contribution in [3.05, 3.63) is 53.9 Å². The smallest absolute Gasteiger partial charge is 0.326 e. The van der Waals surface area contributed by atoms with Crippen LogP contribution in [-0.2, 0) is 32.6 Å². The summed E-state index contributed by atoms with van der Waals surface area (Å²) in [6.45, 7) is 5.54. The first-order valence-corrected chi connectivity index (χ1v) is 14.2. The number of hydrogen-bond donors (Lipinski definition) is 6. The van der Waals surface area contributed by atoms with E-state index in [1.807, 2.05) is 13.8 Å². The molecular weight excluding hydrogens is 544 g/mol. The van der Waals surface area contributed by atoms with Gasteiger partial charge < -0.3 is 30.9 Å². The molecule has 1 aromatic heterocycles. The van der Waals surface area contributed by atoms with Crippen LogP contribution >= 0.6 is 0 Å². The Hall–Kier alpha value is -3.81. The van der Waals surface area contributed by atoms with Gasteiger partial charge in [0, 0.05) is 26.2 Å². The van der Waals surface area contributed by atoms with Crippen LogP contribution in [0.4, 0.5) is 0 Å². The number of carbonyl (C=O) groups is 4. The Labute approximate surface area is 245 Å². The summed E-state index contributed by atoms with van der Waals surface area (Å²) in [7, 11) is 1.73. The highest BCUT2D eigenvalue weighted by atomic mass is 16.5. The van der Waals surface area contributed by atoms with E-state index < -0.39 is 48.2 Å². The molecule has 1 aliphatic rings. The number of aryl methyl sites for hydroxylation is 1. The number of amides is 3. The first-order valence-electron chi connectivity index (χ1n) is 14.2. The molecule has 0 spiro atoms. The topological polar surface area (TPSA) is 184 Å². The van der Waals surface area contributed by atoms with E-state index in [9.17, 15) is 29.4 Å². The number of hydrogen-bond acceptors (Lipinski definition) is 8. The normalized spacial score (nSPS) is 19.5. The van der Waals surface area contributed by atoms with Gasteiger partial charge in [-0.05, 0) is 43.7 Å². The summed E-state index contributed by atoms with van der Waals surface area (Å²) in [5.74, 6) is -2.74. The minimum Gasteiger partial charge on any atom is -0.480 e. The van der Waals surface area contributed by atoms with Crippen molar-refractivity contribution in [1.29, 1.82) is 0 Å². The highest BCUT2D eigenvalue weighted by molar-refractivity contribution is 5.92. The lowest BCUT2D eigenvalue weighted by atomic mass is 10.0. The SMILES string of the molecule is CC(C)CC(NC1CC[C@@H](CNC(=O)c2ccn(C)n2)O1)C(=O)NC(C(=O)NC(Cc1ccccc1)C(=O)O)[C@@H](C)O. The molecule has 6 atom stereocenters. The number of aliphatic hydroxyl groups is 1. The van der Waals surface area contributed by atoms with Crippen molar-refractivity contribution in [2.45, 2.75) is 83.0 Å². The number of carboxylic acid groups (broad SMARTS) is 1. The van der Waals surface area contributed by atoms with Gasteiger partial charge in [0.25, 0.3) is 5.91 Å². The number of nitrogens with zero attached hydrogens (tertiary/aromatic N) is 2. The lowest BCUT2D eigenvalue weighted by molar-refractivity contribution is -0.143. The largest absolute Gasteiger partial charge is 0.480 e. The molecule has 42 heavy (non-hydrogen) atoms. The zero-order chi connectivity index (χ0) is 30.8. The molecule has 0 saturated carbocycles. The van der Waals surface area contributed by atoms with Gasteiger partial charge in [0.15, 0.2) is 0 Å². The average Bonchev–Trinajstić information content (AvgIpc) is 3.58. The Kier molecular flexibility index (Phi) is 12.0. The molecule has 0 aliphatic carbocycles. The fourth-order valence-electron chi connectivity index (χ4n) is 4.73. The first-order chi connectivity index (χ1) is 19.9. The summed E-state index contributed by atoms with van der Waals surface area (Å²) < 4.78 is 7.57. The predicted octanol–water partition coefficient (Wildman–Crippen LogP) is 0.337. The molecule has 230 valence electrons. The Morgan fingerprint density at radius 1 is 1.02 bits per heavy atom. The van der Waals surface area contributed by atoms with Crippen LogP contribution in [0.25, 0.3) is 0 Å². The number of benzene rings is 1.